The zero-order valence-electron chi connectivity index (χ0n) is 9.18. The lowest BCUT2D eigenvalue weighted by molar-refractivity contribution is 0.101. The van der Waals surface area contributed by atoms with Crippen molar-refractivity contribution in [1.82, 2.24) is 4.57 Å². The molecule has 0 spiro atoms. The van der Waals surface area contributed by atoms with Crippen molar-refractivity contribution in [3.8, 4) is 5.69 Å². The number of carbonyl (C=O) groups is 1. The third kappa shape index (κ3) is 2.31. The van der Waals surface area contributed by atoms with Gasteiger partial charge in [-0.1, -0.05) is 18.2 Å². The highest BCUT2D eigenvalue weighted by Gasteiger charge is 2.13. The predicted octanol–water partition coefficient (Wildman–Crippen LogP) is 2.64. The summed E-state index contributed by atoms with van der Waals surface area (Å²) in [5.74, 6) is -0.204. The summed E-state index contributed by atoms with van der Waals surface area (Å²) in [4.78, 5) is 23.6. The van der Waals surface area contributed by atoms with Gasteiger partial charge in [0, 0.05) is 15.5 Å². The maximum Gasteiger partial charge on any atom is 0.267 e. The minimum atomic E-state index is -0.268. The van der Waals surface area contributed by atoms with E-state index in [9.17, 15) is 9.59 Å². The SMILES string of the molecule is CC(=O)c1c(I)ccn(-c2ccccc2)c1=O. The van der Waals surface area contributed by atoms with Crippen LogP contribution in [0.4, 0.5) is 0 Å². The Hall–Kier alpha value is -1.43. The third-order valence-electron chi connectivity index (χ3n) is 2.43. The average molecular weight is 339 g/mol. The van der Waals surface area contributed by atoms with Gasteiger partial charge in [0.25, 0.3) is 5.56 Å². The molecule has 0 saturated carbocycles. The van der Waals surface area contributed by atoms with Crippen molar-refractivity contribution < 1.29 is 4.79 Å². The molecule has 3 nitrogen and oxygen atoms in total. The molecule has 0 N–H and O–H groups in total. The monoisotopic (exact) mass is 339 g/mol. The first-order valence-electron chi connectivity index (χ1n) is 5.09. The zero-order chi connectivity index (χ0) is 12.4. The van der Waals surface area contributed by atoms with E-state index >= 15 is 0 Å². The number of nitrogens with zero attached hydrogens (tertiary/aromatic N) is 1. The number of Topliss-reactive ketones (excluding diaryl/α,β-unsaturated/α-hetero) is 1. The van der Waals surface area contributed by atoms with Crippen LogP contribution in [0, 0.1) is 3.57 Å². The second-order valence-corrected chi connectivity index (χ2v) is 4.77. The van der Waals surface area contributed by atoms with Crippen LogP contribution in [0.25, 0.3) is 5.69 Å². The Morgan fingerprint density at radius 1 is 1.18 bits per heavy atom. The molecule has 0 aliphatic heterocycles. The van der Waals surface area contributed by atoms with Crippen molar-refractivity contribution in [3.63, 3.8) is 0 Å². The fraction of sp³-hybridized carbons (Fsp3) is 0.0769. The van der Waals surface area contributed by atoms with E-state index in [1.54, 1.807) is 12.3 Å². The second-order valence-electron chi connectivity index (χ2n) is 3.61. The van der Waals surface area contributed by atoms with E-state index in [4.69, 9.17) is 0 Å². The van der Waals surface area contributed by atoms with Crippen LogP contribution >= 0.6 is 22.6 Å². The van der Waals surface area contributed by atoms with Crippen LogP contribution in [-0.2, 0) is 0 Å². The number of pyridine rings is 1. The molecule has 1 aromatic heterocycles. The van der Waals surface area contributed by atoms with Gasteiger partial charge in [-0.2, -0.15) is 0 Å². The molecule has 0 fully saturated rings. The molecule has 0 bridgehead atoms. The van der Waals surface area contributed by atoms with E-state index in [-0.39, 0.29) is 16.9 Å². The van der Waals surface area contributed by atoms with Crippen LogP contribution in [0.1, 0.15) is 17.3 Å². The number of carbonyl (C=O) groups excluding carboxylic acids is 1. The summed E-state index contributed by atoms with van der Waals surface area (Å²) >= 11 is 2.00. The van der Waals surface area contributed by atoms with Gasteiger partial charge in [0.15, 0.2) is 5.78 Å². The Labute approximate surface area is 112 Å². The number of ketones is 1. The van der Waals surface area contributed by atoms with Gasteiger partial charge in [-0.3, -0.25) is 14.2 Å². The average Bonchev–Trinajstić information content (AvgIpc) is 2.30. The number of benzene rings is 1. The van der Waals surface area contributed by atoms with Crippen LogP contribution in [0.3, 0.4) is 0 Å². The van der Waals surface area contributed by atoms with Crippen molar-refractivity contribution in [2.75, 3.05) is 0 Å². The van der Waals surface area contributed by atoms with Crippen LogP contribution in [0.5, 0.6) is 0 Å². The lowest BCUT2D eigenvalue weighted by atomic mass is 10.2. The summed E-state index contributed by atoms with van der Waals surface area (Å²) in [6, 6.07) is 11.0. The van der Waals surface area contributed by atoms with Crippen LogP contribution in [-0.4, -0.2) is 10.4 Å². The lowest BCUT2D eigenvalue weighted by Gasteiger charge is -2.08. The van der Waals surface area contributed by atoms with Crippen LogP contribution in [0.15, 0.2) is 47.4 Å². The van der Waals surface area contributed by atoms with Gasteiger partial charge in [-0.05, 0) is 47.7 Å². The molecule has 0 radical (unpaired) electrons. The molecule has 0 unspecified atom stereocenters. The minimum Gasteiger partial charge on any atom is -0.294 e. The Morgan fingerprint density at radius 3 is 2.41 bits per heavy atom. The van der Waals surface area contributed by atoms with Gasteiger partial charge in [0.05, 0.1) is 5.56 Å². The van der Waals surface area contributed by atoms with Crippen molar-refractivity contribution in [3.05, 3.63) is 62.1 Å². The third-order valence-corrected chi connectivity index (χ3v) is 3.33. The van der Waals surface area contributed by atoms with Gasteiger partial charge >= 0.3 is 0 Å². The highest BCUT2D eigenvalue weighted by Crippen LogP contribution is 2.11. The second kappa shape index (κ2) is 4.83. The highest BCUT2D eigenvalue weighted by molar-refractivity contribution is 14.1. The predicted molar refractivity (Wildman–Crippen MR) is 74.8 cm³/mol. The van der Waals surface area contributed by atoms with Crippen molar-refractivity contribution in [1.29, 1.82) is 0 Å². The fourth-order valence-electron chi connectivity index (χ4n) is 1.62. The smallest absolute Gasteiger partial charge is 0.267 e. The molecular weight excluding hydrogens is 329 g/mol. The zero-order valence-corrected chi connectivity index (χ0v) is 11.3. The Morgan fingerprint density at radius 2 is 1.82 bits per heavy atom. The summed E-state index contributed by atoms with van der Waals surface area (Å²) in [5, 5.41) is 0. The molecular formula is C13H10INO2. The summed E-state index contributed by atoms with van der Waals surface area (Å²) in [7, 11) is 0. The largest absolute Gasteiger partial charge is 0.294 e. The van der Waals surface area contributed by atoms with Gasteiger partial charge in [0.1, 0.15) is 0 Å². The Bertz CT molecular complexity index is 617. The topological polar surface area (TPSA) is 39.1 Å². The molecule has 0 amide bonds. The molecule has 2 aromatic rings. The summed E-state index contributed by atoms with van der Waals surface area (Å²) in [6.07, 6.45) is 1.69. The Kier molecular flexibility index (Phi) is 3.42. The van der Waals surface area contributed by atoms with Gasteiger partial charge < -0.3 is 0 Å². The van der Waals surface area contributed by atoms with Crippen molar-refractivity contribution in [2.45, 2.75) is 6.92 Å². The Balaban J connectivity index is 2.71. The molecule has 4 heteroatoms. The lowest BCUT2D eigenvalue weighted by Crippen LogP contribution is -2.25. The van der Waals surface area contributed by atoms with Crippen molar-refractivity contribution >= 4 is 28.4 Å². The number of aromatic nitrogens is 1. The number of hydrogen-bond acceptors (Lipinski definition) is 2. The first kappa shape index (κ1) is 12.0. The molecule has 0 atom stereocenters. The van der Waals surface area contributed by atoms with E-state index in [1.807, 2.05) is 52.9 Å². The molecule has 0 saturated heterocycles. The summed E-state index contributed by atoms with van der Waals surface area (Å²) in [5.41, 5.74) is 0.740. The molecule has 0 aliphatic rings. The molecule has 86 valence electrons. The molecule has 0 aliphatic carbocycles. The summed E-state index contributed by atoms with van der Waals surface area (Å²) in [6.45, 7) is 1.41. The van der Waals surface area contributed by atoms with E-state index in [0.29, 0.717) is 3.57 Å². The van der Waals surface area contributed by atoms with E-state index in [2.05, 4.69) is 0 Å². The van der Waals surface area contributed by atoms with Gasteiger partial charge in [-0.15, -0.1) is 0 Å². The maximum absolute atomic E-state index is 12.2. The number of para-hydroxylation sites is 1. The van der Waals surface area contributed by atoms with Gasteiger partial charge in [-0.25, -0.2) is 0 Å². The first-order chi connectivity index (χ1) is 8.11. The van der Waals surface area contributed by atoms with E-state index in [1.165, 1.54) is 11.5 Å². The molecule has 2 rings (SSSR count). The first-order valence-corrected chi connectivity index (χ1v) is 6.16. The number of rotatable bonds is 2. The number of halogens is 1. The normalized spacial score (nSPS) is 10.2. The van der Waals surface area contributed by atoms with E-state index < -0.39 is 0 Å². The summed E-state index contributed by atoms with van der Waals surface area (Å²) < 4.78 is 2.17. The van der Waals surface area contributed by atoms with E-state index in [0.717, 1.165) is 5.69 Å². The quantitative estimate of drug-likeness (QED) is 0.623. The van der Waals surface area contributed by atoms with Crippen LogP contribution in [0.2, 0.25) is 0 Å². The molecule has 1 heterocycles. The standard InChI is InChI=1S/C13H10INO2/c1-9(16)12-11(14)7-8-15(13(12)17)10-5-3-2-4-6-10/h2-8H,1H3. The fourth-order valence-corrected chi connectivity index (χ4v) is 2.40. The van der Waals surface area contributed by atoms with Gasteiger partial charge in [0.2, 0.25) is 0 Å². The maximum atomic E-state index is 12.2. The molecule has 1 aromatic carbocycles. The number of hydrogen-bond donors (Lipinski definition) is 0. The van der Waals surface area contributed by atoms with Crippen LogP contribution < -0.4 is 5.56 Å². The molecule has 17 heavy (non-hydrogen) atoms. The minimum absolute atomic E-state index is 0.204. The van der Waals surface area contributed by atoms with Crippen molar-refractivity contribution in [2.24, 2.45) is 0 Å². The highest BCUT2D eigenvalue weighted by atomic mass is 127.